The quantitative estimate of drug-likeness (QED) is 0.831. The smallest absolute Gasteiger partial charge is 0.225 e. The number of hydrogen-bond donors (Lipinski definition) is 0. The van der Waals surface area contributed by atoms with Crippen LogP contribution in [-0.4, -0.2) is 56.1 Å². The monoisotopic (exact) mass is 304 g/mol. The first-order valence-electron chi connectivity index (χ1n) is 7.93. The molecular formula is C17H24N2O3. The lowest BCUT2D eigenvalue weighted by Gasteiger charge is -2.35. The molecule has 22 heavy (non-hydrogen) atoms. The second-order valence-electron chi connectivity index (χ2n) is 6.05. The Labute approximate surface area is 131 Å². The lowest BCUT2D eigenvalue weighted by atomic mass is 10.1. The summed E-state index contributed by atoms with van der Waals surface area (Å²) in [5, 5.41) is 0. The highest BCUT2D eigenvalue weighted by Crippen LogP contribution is 2.31. The average Bonchev–Trinajstić information content (AvgIpc) is 3.40. The molecule has 0 N–H and O–H groups in total. The highest BCUT2D eigenvalue weighted by atomic mass is 16.5. The molecule has 3 rings (SSSR count). The van der Waals surface area contributed by atoms with Crippen LogP contribution in [0.15, 0.2) is 18.2 Å². The molecule has 2 fully saturated rings. The van der Waals surface area contributed by atoms with Gasteiger partial charge in [0.25, 0.3) is 0 Å². The number of rotatable bonds is 5. The summed E-state index contributed by atoms with van der Waals surface area (Å²) in [6.45, 7) is 4.33. The predicted molar refractivity (Wildman–Crippen MR) is 84.1 cm³/mol. The van der Waals surface area contributed by atoms with Gasteiger partial charge in [-0.2, -0.15) is 0 Å². The second-order valence-corrected chi connectivity index (χ2v) is 6.05. The van der Waals surface area contributed by atoms with Gasteiger partial charge in [-0.25, -0.2) is 0 Å². The summed E-state index contributed by atoms with van der Waals surface area (Å²) in [6, 6.07) is 5.89. The van der Waals surface area contributed by atoms with E-state index in [9.17, 15) is 4.79 Å². The van der Waals surface area contributed by atoms with Gasteiger partial charge >= 0.3 is 0 Å². The molecule has 5 heteroatoms. The van der Waals surface area contributed by atoms with Crippen LogP contribution in [0.2, 0.25) is 0 Å². The largest absolute Gasteiger partial charge is 0.497 e. The molecule has 1 saturated heterocycles. The zero-order valence-corrected chi connectivity index (χ0v) is 13.4. The van der Waals surface area contributed by atoms with Crippen molar-refractivity contribution in [2.24, 2.45) is 5.92 Å². The van der Waals surface area contributed by atoms with Gasteiger partial charge in [0.2, 0.25) is 5.91 Å². The molecule has 0 aromatic heterocycles. The van der Waals surface area contributed by atoms with Crippen LogP contribution in [-0.2, 0) is 11.3 Å². The Bertz CT molecular complexity index is 535. The van der Waals surface area contributed by atoms with Gasteiger partial charge in [0.15, 0.2) is 0 Å². The number of piperazine rings is 1. The van der Waals surface area contributed by atoms with E-state index in [1.165, 1.54) is 0 Å². The van der Waals surface area contributed by atoms with Crippen molar-refractivity contribution in [3.63, 3.8) is 0 Å². The normalized spacial score (nSPS) is 19.1. The van der Waals surface area contributed by atoms with E-state index in [-0.39, 0.29) is 0 Å². The number of carbonyl (C=O) groups excluding carboxylic acids is 1. The highest BCUT2D eigenvalue weighted by molar-refractivity contribution is 5.81. The predicted octanol–water partition coefficient (Wildman–Crippen LogP) is 1.76. The van der Waals surface area contributed by atoms with Crippen molar-refractivity contribution >= 4 is 5.91 Å². The van der Waals surface area contributed by atoms with Gasteiger partial charge < -0.3 is 14.4 Å². The lowest BCUT2D eigenvalue weighted by Crippen LogP contribution is -2.48. The summed E-state index contributed by atoms with van der Waals surface area (Å²) in [5.74, 6) is 2.42. The zero-order chi connectivity index (χ0) is 15.5. The molecule has 1 heterocycles. The fraction of sp³-hybridized carbons (Fsp3) is 0.588. The minimum atomic E-state index is 0.324. The van der Waals surface area contributed by atoms with Gasteiger partial charge in [-0.15, -0.1) is 0 Å². The molecule has 0 spiro atoms. The Morgan fingerprint density at radius 3 is 2.45 bits per heavy atom. The Morgan fingerprint density at radius 1 is 1.14 bits per heavy atom. The maximum Gasteiger partial charge on any atom is 0.225 e. The Balaban J connectivity index is 1.59. The van der Waals surface area contributed by atoms with Crippen molar-refractivity contribution in [3.8, 4) is 11.5 Å². The maximum absolute atomic E-state index is 12.1. The molecule has 0 unspecified atom stereocenters. The summed E-state index contributed by atoms with van der Waals surface area (Å²) in [6.07, 6.45) is 2.17. The SMILES string of the molecule is COc1ccc(OC)c(CN2CCN(C(=O)C3CC3)CC2)c1. The first kappa shape index (κ1) is 15.2. The van der Waals surface area contributed by atoms with E-state index in [0.29, 0.717) is 11.8 Å². The number of ether oxygens (including phenoxy) is 2. The van der Waals surface area contributed by atoms with Gasteiger partial charge in [0.1, 0.15) is 11.5 Å². The van der Waals surface area contributed by atoms with Crippen LogP contribution in [0.3, 0.4) is 0 Å². The Morgan fingerprint density at radius 2 is 1.86 bits per heavy atom. The van der Waals surface area contributed by atoms with E-state index in [1.54, 1.807) is 14.2 Å². The molecule has 120 valence electrons. The van der Waals surface area contributed by atoms with Crippen LogP contribution in [0.5, 0.6) is 11.5 Å². The molecule has 1 aromatic carbocycles. The van der Waals surface area contributed by atoms with Gasteiger partial charge in [-0.3, -0.25) is 9.69 Å². The average molecular weight is 304 g/mol. The van der Waals surface area contributed by atoms with Crippen molar-refractivity contribution in [2.45, 2.75) is 19.4 Å². The third-order valence-electron chi connectivity index (χ3n) is 4.49. The minimum absolute atomic E-state index is 0.324. The number of amides is 1. The molecule has 1 aromatic rings. The Kier molecular flexibility index (Phi) is 4.52. The standard InChI is InChI=1S/C17H24N2O3/c1-21-15-5-6-16(22-2)14(11-15)12-18-7-9-19(10-8-18)17(20)13-3-4-13/h5-6,11,13H,3-4,7-10,12H2,1-2H3. The van der Waals surface area contributed by atoms with E-state index in [1.807, 2.05) is 23.1 Å². The maximum atomic E-state index is 12.1. The van der Waals surface area contributed by atoms with Gasteiger partial charge in [0, 0.05) is 44.2 Å². The number of methoxy groups -OCH3 is 2. The summed E-state index contributed by atoms with van der Waals surface area (Å²) < 4.78 is 10.7. The van der Waals surface area contributed by atoms with Crippen LogP contribution in [0.25, 0.3) is 0 Å². The molecule has 0 radical (unpaired) electrons. The van der Waals surface area contributed by atoms with Gasteiger partial charge in [-0.05, 0) is 31.0 Å². The molecule has 5 nitrogen and oxygen atoms in total. The fourth-order valence-electron chi connectivity index (χ4n) is 2.96. The van der Waals surface area contributed by atoms with Gasteiger partial charge in [-0.1, -0.05) is 0 Å². The molecule has 1 aliphatic heterocycles. The second kappa shape index (κ2) is 6.57. The third kappa shape index (κ3) is 3.35. The zero-order valence-electron chi connectivity index (χ0n) is 13.4. The first-order valence-corrected chi connectivity index (χ1v) is 7.93. The summed E-state index contributed by atoms with van der Waals surface area (Å²) in [4.78, 5) is 16.5. The van der Waals surface area contributed by atoms with E-state index in [2.05, 4.69) is 4.90 Å². The van der Waals surface area contributed by atoms with E-state index in [4.69, 9.17) is 9.47 Å². The molecule has 0 bridgehead atoms. The molecule has 1 amide bonds. The third-order valence-corrected chi connectivity index (χ3v) is 4.49. The number of carbonyl (C=O) groups is 1. The minimum Gasteiger partial charge on any atom is -0.497 e. The molecule has 2 aliphatic rings. The lowest BCUT2D eigenvalue weighted by molar-refractivity contribution is -0.134. The van der Waals surface area contributed by atoms with Crippen LogP contribution in [0.4, 0.5) is 0 Å². The highest BCUT2D eigenvalue weighted by Gasteiger charge is 2.34. The fourth-order valence-corrected chi connectivity index (χ4v) is 2.96. The van der Waals surface area contributed by atoms with Gasteiger partial charge in [0.05, 0.1) is 14.2 Å². The molecule has 0 atom stereocenters. The number of hydrogen-bond acceptors (Lipinski definition) is 4. The van der Waals surface area contributed by atoms with E-state index < -0.39 is 0 Å². The first-order chi connectivity index (χ1) is 10.7. The number of nitrogens with zero attached hydrogens (tertiary/aromatic N) is 2. The van der Waals surface area contributed by atoms with Crippen LogP contribution in [0.1, 0.15) is 18.4 Å². The summed E-state index contributed by atoms with van der Waals surface area (Å²) in [5.41, 5.74) is 1.13. The van der Waals surface area contributed by atoms with Crippen molar-refractivity contribution in [2.75, 3.05) is 40.4 Å². The van der Waals surface area contributed by atoms with Crippen molar-refractivity contribution < 1.29 is 14.3 Å². The summed E-state index contributed by atoms with van der Waals surface area (Å²) >= 11 is 0. The van der Waals surface area contributed by atoms with Crippen LogP contribution >= 0.6 is 0 Å². The van der Waals surface area contributed by atoms with Crippen molar-refractivity contribution in [1.82, 2.24) is 9.80 Å². The molecule has 1 saturated carbocycles. The topological polar surface area (TPSA) is 42.0 Å². The van der Waals surface area contributed by atoms with E-state index in [0.717, 1.165) is 62.6 Å². The van der Waals surface area contributed by atoms with Crippen LogP contribution in [0, 0.1) is 5.92 Å². The van der Waals surface area contributed by atoms with Crippen LogP contribution < -0.4 is 9.47 Å². The van der Waals surface area contributed by atoms with Crippen molar-refractivity contribution in [1.29, 1.82) is 0 Å². The molecular weight excluding hydrogens is 280 g/mol. The number of benzene rings is 1. The van der Waals surface area contributed by atoms with E-state index >= 15 is 0 Å². The Hall–Kier alpha value is -1.75. The van der Waals surface area contributed by atoms with Crippen molar-refractivity contribution in [3.05, 3.63) is 23.8 Å². The summed E-state index contributed by atoms with van der Waals surface area (Å²) in [7, 11) is 3.37. The molecule has 1 aliphatic carbocycles.